The van der Waals surface area contributed by atoms with E-state index in [1.807, 2.05) is 0 Å². The number of hydrogen-bond donors (Lipinski definition) is 1. The maximum atomic E-state index is 10.4. The molecule has 1 unspecified atom stereocenters. The van der Waals surface area contributed by atoms with Gasteiger partial charge in [0.1, 0.15) is 0 Å². The number of benzene rings is 2. The fourth-order valence-electron chi connectivity index (χ4n) is 2.89. The van der Waals surface area contributed by atoms with Gasteiger partial charge in [0, 0.05) is 3.57 Å². The maximum Gasteiger partial charge on any atom is 0.0615 e. The lowest BCUT2D eigenvalue weighted by atomic mass is 9.94. The molecule has 2 aromatic carbocycles. The molecular weight excluding hydrogens is 347 g/mol. The molecule has 1 N–H and O–H groups in total. The van der Waals surface area contributed by atoms with Crippen LogP contribution in [0.1, 0.15) is 16.7 Å². The number of aliphatic hydroxyl groups excluding tert-OH is 1. The Balaban J connectivity index is 1.66. The van der Waals surface area contributed by atoms with Crippen molar-refractivity contribution in [3.05, 3.63) is 68.8 Å². The van der Waals surface area contributed by atoms with Crippen LogP contribution in [-0.2, 0) is 19.3 Å². The number of halogens is 1. The minimum atomic E-state index is -0.243. The van der Waals surface area contributed by atoms with E-state index in [1.54, 1.807) is 0 Å². The maximum absolute atomic E-state index is 10.4. The smallest absolute Gasteiger partial charge is 0.0615 e. The Bertz CT molecular complexity index is 537. The molecule has 2 heteroatoms. The van der Waals surface area contributed by atoms with Crippen molar-refractivity contribution >= 4 is 22.6 Å². The van der Waals surface area contributed by atoms with E-state index in [1.165, 1.54) is 20.3 Å². The Hall–Kier alpha value is -0.870. The monoisotopic (exact) mass is 364 g/mol. The molecule has 0 amide bonds. The minimum absolute atomic E-state index is 0.243. The molecule has 0 aliphatic heterocycles. The van der Waals surface area contributed by atoms with Crippen molar-refractivity contribution in [2.45, 2.75) is 25.4 Å². The van der Waals surface area contributed by atoms with Crippen molar-refractivity contribution < 1.29 is 5.11 Å². The van der Waals surface area contributed by atoms with E-state index in [0.29, 0.717) is 5.92 Å². The van der Waals surface area contributed by atoms with Crippen LogP contribution in [0.25, 0.3) is 0 Å². The SMILES string of the molecule is OC(Cc1ccc(I)cc1)C1Cc2ccccc2C1. The molecule has 2 aromatic rings. The highest BCUT2D eigenvalue weighted by atomic mass is 127. The summed E-state index contributed by atoms with van der Waals surface area (Å²) in [7, 11) is 0. The molecule has 3 rings (SSSR count). The van der Waals surface area contributed by atoms with Crippen molar-refractivity contribution in [3.63, 3.8) is 0 Å². The van der Waals surface area contributed by atoms with Crippen LogP contribution in [0.15, 0.2) is 48.5 Å². The van der Waals surface area contributed by atoms with Crippen molar-refractivity contribution in [3.8, 4) is 0 Å². The first-order chi connectivity index (χ1) is 9.22. The second kappa shape index (κ2) is 5.63. The fourth-order valence-corrected chi connectivity index (χ4v) is 3.25. The summed E-state index contributed by atoms with van der Waals surface area (Å²) in [4.78, 5) is 0. The van der Waals surface area contributed by atoms with Crippen LogP contribution >= 0.6 is 22.6 Å². The first-order valence-corrected chi connectivity index (χ1v) is 7.79. The molecule has 1 aliphatic carbocycles. The van der Waals surface area contributed by atoms with Crippen LogP contribution in [0.4, 0.5) is 0 Å². The molecule has 0 bridgehead atoms. The second-order valence-corrected chi connectivity index (χ2v) is 6.58. The van der Waals surface area contributed by atoms with Gasteiger partial charge in [-0.2, -0.15) is 0 Å². The summed E-state index contributed by atoms with van der Waals surface area (Å²) in [6, 6.07) is 17.0. The van der Waals surface area contributed by atoms with Crippen molar-refractivity contribution in [2.75, 3.05) is 0 Å². The molecule has 1 nitrogen and oxygen atoms in total. The Morgan fingerprint density at radius 1 is 1.00 bits per heavy atom. The number of fused-ring (bicyclic) bond motifs is 1. The number of rotatable bonds is 3. The summed E-state index contributed by atoms with van der Waals surface area (Å²) in [5, 5.41) is 10.4. The van der Waals surface area contributed by atoms with Crippen LogP contribution in [0, 0.1) is 9.49 Å². The molecular formula is C17H17IO. The van der Waals surface area contributed by atoms with E-state index >= 15 is 0 Å². The first-order valence-electron chi connectivity index (χ1n) is 6.71. The summed E-state index contributed by atoms with van der Waals surface area (Å²) < 4.78 is 1.24. The normalized spacial score (nSPS) is 16.3. The van der Waals surface area contributed by atoms with E-state index in [9.17, 15) is 5.11 Å². The first kappa shape index (κ1) is 13.1. The zero-order valence-electron chi connectivity index (χ0n) is 10.7. The van der Waals surface area contributed by atoms with Crippen LogP contribution in [-0.4, -0.2) is 11.2 Å². The third-order valence-electron chi connectivity index (χ3n) is 3.98. The summed E-state index contributed by atoms with van der Waals surface area (Å²) in [6.45, 7) is 0. The van der Waals surface area contributed by atoms with Gasteiger partial charge < -0.3 is 5.11 Å². The Morgan fingerprint density at radius 2 is 1.58 bits per heavy atom. The molecule has 0 heterocycles. The molecule has 0 saturated heterocycles. The predicted molar refractivity (Wildman–Crippen MR) is 86.2 cm³/mol. The van der Waals surface area contributed by atoms with Crippen molar-refractivity contribution in [1.29, 1.82) is 0 Å². The van der Waals surface area contributed by atoms with Crippen LogP contribution in [0.5, 0.6) is 0 Å². The average molecular weight is 364 g/mol. The zero-order valence-corrected chi connectivity index (χ0v) is 12.9. The van der Waals surface area contributed by atoms with E-state index in [2.05, 4.69) is 71.1 Å². The molecule has 19 heavy (non-hydrogen) atoms. The van der Waals surface area contributed by atoms with Gasteiger partial charge >= 0.3 is 0 Å². The van der Waals surface area contributed by atoms with Gasteiger partial charge in [-0.15, -0.1) is 0 Å². The topological polar surface area (TPSA) is 20.2 Å². The van der Waals surface area contributed by atoms with Gasteiger partial charge in [-0.3, -0.25) is 0 Å². The lowest BCUT2D eigenvalue weighted by Gasteiger charge is -2.17. The Labute approximate surface area is 127 Å². The van der Waals surface area contributed by atoms with Gasteiger partial charge in [-0.05, 0) is 76.6 Å². The molecule has 1 aliphatic rings. The third kappa shape index (κ3) is 3.00. The number of aliphatic hydroxyl groups is 1. The van der Waals surface area contributed by atoms with Gasteiger partial charge in [-0.25, -0.2) is 0 Å². The van der Waals surface area contributed by atoms with Crippen LogP contribution in [0.2, 0.25) is 0 Å². The summed E-state index contributed by atoms with van der Waals surface area (Å²) in [5.41, 5.74) is 4.05. The lowest BCUT2D eigenvalue weighted by Crippen LogP contribution is -2.23. The van der Waals surface area contributed by atoms with Crippen LogP contribution < -0.4 is 0 Å². The van der Waals surface area contributed by atoms with Gasteiger partial charge in [0.25, 0.3) is 0 Å². The van der Waals surface area contributed by atoms with Gasteiger partial charge in [0.05, 0.1) is 6.10 Å². The fraction of sp³-hybridized carbons (Fsp3) is 0.294. The standard InChI is InChI=1S/C17H17IO/c18-16-7-5-12(6-8-16)9-17(19)15-10-13-3-1-2-4-14(13)11-15/h1-8,15,17,19H,9-11H2. The van der Waals surface area contributed by atoms with Crippen molar-refractivity contribution in [2.24, 2.45) is 5.92 Å². The molecule has 0 spiro atoms. The molecule has 0 saturated carbocycles. The molecule has 0 fully saturated rings. The zero-order chi connectivity index (χ0) is 13.2. The van der Waals surface area contributed by atoms with E-state index in [4.69, 9.17) is 0 Å². The molecule has 0 radical (unpaired) electrons. The van der Waals surface area contributed by atoms with Crippen molar-refractivity contribution in [1.82, 2.24) is 0 Å². The minimum Gasteiger partial charge on any atom is -0.392 e. The van der Waals surface area contributed by atoms with E-state index < -0.39 is 0 Å². The Kier molecular flexibility index (Phi) is 3.89. The number of hydrogen-bond acceptors (Lipinski definition) is 1. The van der Waals surface area contributed by atoms with Crippen LogP contribution in [0.3, 0.4) is 0 Å². The highest BCUT2D eigenvalue weighted by Crippen LogP contribution is 2.29. The predicted octanol–water partition coefficient (Wildman–Crippen LogP) is 3.61. The molecule has 98 valence electrons. The highest BCUT2D eigenvalue weighted by molar-refractivity contribution is 14.1. The van der Waals surface area contributed by atoms with E-state index in [0.717, 1.165) is 19.3 Å². The third-order valence-corrected chi connectivity index (χ3v) is 4.70. The summed E-state index contributed by atoms with van der Waals surface area (Å²) in [5.74, 6) is 0.372. The summed E-state index contributed by atoms with van der Waals surface area (Å²) >= 11 is 2.31. The molecule has 1 atom stereocenters. The second-order valence-electron chi connectivity index (χ2n) is 5.33. The van der Waals surface area contributed by atoms with Gasteiger partial charge in [0.2, 0.25) is 0 Å². The van der Waals surface area contributed by atoms with E-state index in [-0.39, 0.29) is 6.10 Å². The molecule has 0 aromatic heterocycles. The van der Waals surface area contributed by atoms with Gasteiger partial charge in [0.15, 0.2) is 0 Å². The summed E-state index contributed by atoms with van der Waals surface area (Å²) in [6.07, 6.45) is 2.55. The quantitative estimate of drug-likeness (QED) is 0.826. The highest BCUT2D eigenvalue weighted by Gasteiger charge is 2.27. The van der Waals surface area contributed by atoms with Gasteiger partial charge in [-0.1, -0.05) is 36.4 Å². The Morgan fingerprint density at radius 3 is 2.16 bits per heavy atom. The largest absolute Gasteiger partial charge is 0.392 e. The average Bonchev–Trinajstić information content (AvgIpc) is 2.85. The lowest BCUT2D eigenvalue weighted by molar-refractivity contribution is 0.113.